The van der Waals surface area contributed by atoms with Gasteiger partial charge < -0.3 is 20.5 Å². The van der Waals surface area contributed by atoms with Gasteiger partial charge in [-0.1, -0.05) is 12.1 Å². The lowest BCUT2D eigenvalue weighted by Crippen LogP contribution is -2.49. The summed E-state index contributed by atoms with van der Waals surface area (Å²) in [6.07, 6.45) is 4.29. The Morgan fingerprint density at radius 2 is 1.87 bits per heavy atom. The van der Waals surface area contributed by atoms with Crippen molar-refractivity contribution in [2.24, 2.45) is 5.92 Å². The predicted molar refractivity (Wildman–Crippen MR) is 121 cm³/mol. The molecule has 3 rings (SSSR count). The van der Waals surface area contributed by atoms with Gasteiger partial charge in [-0.15, -0.1) is 0 Å². The number of nitrogens with zero attached hydrogens (tertiary/aromatic N) is 1. The average Bonchev–Trinajstić information content (AvgIpc) is 2.81. The van der Waals surface area contributed by atoms with Crippen LogP contribution in [0.5, 0.6) is 0 Å². The Hall–Kier alpha value is -2.88. The summed E-state index contributed by atoms with van der Waals surface area (Å²) in [5, 5.41) is 27.1. The Morgan fingerprint density at radius 3 is 2.48 bits per heavy atom. The summed E-state index contributed by atoms with van der Waals surface area (Å²) in [5.74, 6) is -0.232. The number of hydrogen-bond acceptors (Lipinski definition) is 6. The van der Waals surface area contributed by atoms with Gasteiger partial charge in [-0.3, -0.25) is 0 Å². The summed E-state index contributed by atoms with van der Waals surface area (Å²) in [6, 6.07) is 17.1. The fourth-order valence-electron chi connectivity index (χ4n) is 4.21. The van der Waals surface area contributed by atoms with Gasteiger partial charge in [0, 0.05) is 18.2 Å². The van der Waals surface area contributed by atoms with Crippen LogP contribution in [0.1, 0.15) is 47.2 Å². The van der Waals surface area contributed by atoms with Crippen LogP contribution in [0, 0.1) is 17.2 Å². The molecule has 1 atom stereocenters. The molecule has 0 aromatic heterocycles. The molecular weight excluding hydrogens is 390 g/mol. The maximum Gasteiger partial charge on any atom is 0.337 e. The molecule has 0 saturated carbocycles. The number of aryl methyl sites for hydroxylation is 1. The molecule has 6 nitrogen and oxygen atoms in total. The van der Waals surface area contributed by atoms with Crippen molar-refractivity contribution in [1.82, 2.24) is 5.32 Å². The highest BCUT2D eigenvalue weighted by atomic mass is 16.5. The van der Waals surface area contributed by atoms with E-state index in [1.54, 1.807) is 12.1 Å². The van der Waals surface area contributed by atoms with Gasteiger partial charge in [-0.25, -0.2) is 4.79 Å². The molecule has 2 aromatic rings. The zero-order valence-electron chi connectivity index (χ0n) is 18.1. The molecule has 1 fully saturated rings. The molecule has 0 bridgehead atoms. The van der Waals surface area contributed by atoms with Crippen molar-refractivity contribution in [2.75, 3.05) is 32.1 Å². The van der Waals surface area contributed by atoms with E-state index in [1.165, 1.54) is 12.7 Å². The standard InChI is InChI=1S/C25H31N3O3/c1-31-24(29)21-9-11-23(12-10-21)28-18-22(25(30)13-15-27-16-14-25)4-2-3-19-5-7-20(17-26)8-6-19/h5-12,22,27-28,30H,2-4,13-16,18H2,1H3. The van der Waals surface area contributed by atoms with Gasteiger partial charge in [-0.2, -0.15) is 5.26 Å². The molecule has 1 aliphatic heterocycles. The number of nitriles is 1. The minimum Gasteiger partial charge on any atom is -0.465 e. The first-order valence-electron chi connectivity index (χ1n) is 10.9. The van der Waals surface area contributed by atoms with Crippen LogP contribution in [0.2, 0.25) is 0 Å². The van der Waals surface area contributed by atoms with E-state index >= 15 is 0 Å². The monoisotopic (exact) mass is 421 g/mol. The number of anilines is 1. The summed E-state index contributed by atoms with van der Waals surface area (Å²) in [7, 11) is 1.37. The molecule has 1 heterocycles. The Morgan fingerprint density at radius 1 is 1.19 bits per heavy atom. The maximum absolute atomic E-state index is 11.6. The lowest BCUT2D eigenvalue weighted by molar-refractivity contribution is -0.0425. The number of piperidine rings is 1. The molecule has 31 heavy (non-hydrogen) atoms. The van der Waals surface area contributed by atoms with Gasteiger partial charge in [0.05, 0.1) is 29.9 Å². The van der Waals surface area contributed by atoms with E-state index in [2.05, 4.69) is 16.7 Å². The van der Waals surface area contributed by atoms with Crippen LogP contribution in [0.3, 0.4) is 0 Å². The van der Waals surface area contributed by atoms with Gasteiger partial charge in [0.15, 0.2) is 0 Å². The van der Waals surface area contributed by atoms with E-state index in [1.807, 2.05) is 36.4 Å². The minimum atomic E-state index is -0.686. The Balaban J connectivity index is 1.60. The number of ether oxygens (including phenoxy) is 1. The van der Waals surface area contributed by atoms with Crippen molar-refractivity contribution in [3.8, 4) is 6.07 Å². The second-order valence-electron chi connectivity index (χ2n) is 8.20. The SMILES string of the molecule is COC(=O)c1ccc(NCC(CCCc2ccc(C#N)cc2)C2(O)CCNCC2)cc1. The third-order valence-electron chi connectivity index (χ3n) is 6.19. The molecule has 0 aliphatic carbocycles. The molecule has 6 heteroatoms. The quantitative estimate of drug-likeness (QED) is 0.537. The van der Waals surface area contributed by atoms with Crippen molar-refractivity contribution in [1.29, 1.82) is 5.26 Å². The van der Waals surface area contributed by atoms with Crippen LogP contribution in [0.4, 0.5) is 5.69 Å². The number of aliphatic hydroxyl groups is 1. The van der Waals surface area contributed by atoms with Crippen LogP contribution in [-0.4, -0.2) is 43.4 Å². The number of carbonyl (C=O) groups is 1. The van der Waals surface area contributed by atoms with Gasteiger partial charge >= 0.3 is 5.97 Å². The lowest BCUT2D eigenvalue weighted by atomic mass is 9.77. The maximum atomic E-state index is 11.6. The number of esters is 1. The van der Waals surface area contributed by atoms with Crippen LogP contribution in [0.25, 0.3) is 0 Å². The Kier molecular flexibility index (Phi) is 8.05. The molecule has 164 valence electrons. The summed E-state index contributed by atoms with van der Waals surface area (Å²) in [4.78, 5) is 11.6. The second kappa shape index (κ2) is 10.9. The molecule has 1 unspecified atom stereocenters. The van der Waals surface area contributed by atoms with E-state index in [0.29, 0.717) is 17.7 Å². The minimum absolute atomic E-state index is 0.119. The molecule has 0 radical (unpaired) electrons. The smallest absolute Gasteiger partial charge is 0.337 e. The van der Waals surface area contributed by atoms with Gasteiger partial charge in [-0.05, 0) is 87.2 Å². The van der Waals surface area contributed by atoms with Crippen LogP contribution in [0.15, 0.2) is 48.5 Å². The molecule has 1 aliphatic rings. The van der Waals surface area contributed by atoms with Crippen LogP contribution < -0.4 is 10.6 Å². The Labute approximate surface area is 184 Å². The molecule has 3 N–H and O–H groups in total. The highest BCUT2D eigenvalue weighted by molar-refractivity contribution is 5.89. The topological polar surface area (TPSA) is 94.4 Å². The summed E-state index contributed by atoms with van der Waals surface area (Å²) in [5.41, 5.74) is 2.63. The number of hydrogen-bond donors (Lipinski definition) is 3. The van der Waals surface area contributed by atoms with Crippen molar-refractivity contribution in [2.45, 2.75) is 37.7 Å². The van der Waals surface area contributed by atoms with Gasteiger partial charge in [0.2, 0.25) is 0 Å². The van der Waals surface area contributed by atoms with E-state index in [9.17, 15) is 9.90 Å². The molecule has 0 amide bonds. The summed E-state index contributed by atoms with van der Waals surface area (Å²) < 4.78 is 4.75. The van der Waals surface area contributed by atoms with Crippen molar-refractivity contribution >= 4 is 11.7 Å². The number of benzene rings is 2. The fraction of sp³-hybridized carbons (Fsp3) is 0.440. The van der Waals surface area contributed by atoms with Crippen LogP contribution in [-0.2, 0) is 11.2 Å². The lowest BCUT2D eigenvalue weighted by Gasteiger charge is -2.40. The molecule has 2 aromatic carbocycles. The molecule has 1 saturated heterocycles. The van der Waals surface area contributed by atoms with E-state index in [0.717, 1.165) is 50.9 Å². The first-order valence-corrected chi connectivity index (χ1v) is 10.9. The summed E-state index contributed by atoms with van der Waals surface area (Å²) >= 11 is 0. The van der Waals surface area contributed by atoms with Gasteiger partial charge in [0.1, 0.15) is 0 Å². The van der Waals surface area contributed by atoms with E-state index in [4.69, 9.17) is 10.00 Å². The highest BCUT2D eigenvalue weighted by Gasteiger charge is 2.37. The Bertz CT molecular complexity index is 882. The normalized spacial score (nSPS) is 16.2. The molecular formula is C25H31N3O3. The molecule has 0 spiro atoms. The fourth-order valence-corrected chi connectivity index (χ4v) is 4.21. The van der Waals surface area contributed by atoms with Crippen molar-refractivity contribution < 1.29 is 14.6 Å². The highest BCUT2D eigenvalue weighted by Crippen LogP contribution is 2.31. The van der Waals surface area contributed by atoms with Crippen LogP contribution >= 0.6 is 0 Å². The third kappa shape index (κ3) is 6.30. The number of carbonyl (C=O) groups excluding carboxylic acids is 1. The number of rotatable bonds is 9. The third-order valence-corrected chi connectivity index (χ3v) is 6.19. The zero-order valence-corrected chi connectivity index (χ0v) is 18.1. The summed E-state index contributed by atoms with van der Waals surface area (Å²) in [6.45, 7) is 2.33. The van der Waals surface area contributed by atoms with Gasteiger partial charge in [0.25, 0.3) is 0 Å². The first kappa shape index (κ1) is 22.8. The van der Waals surface area contributed by atoms with E-state index < -0.39 is 5.60 Å². The largest absolute Gasteiger partial charge is 0.465 e. The predicted octanol–water partition coefficient (Wildman–Crippen LogP) is 3.51. The van der Waals surface area contributed by atoms with Crippen molar-refractivity contribution in [3.63, 3.8) is 0 Å². The number of nitrogens with one attached hydrogen (secondary N) is 2. The number of methoxy groups -OCH3 is 1. The van der Waals surface area contributed by atoms with Crippen molar-refractivity contribution in [3.05, 3.63) is 65.2 Å². The zero-order chi connectivity index (χ0) is 22.1. The first-order chi connectivity index (χ1) is 15.0. The average molecular weight is 422 g/mol. The second-order valence-corrected chi connectivity index (χ2v) is 8.20. The van der Waals surface area contributed by atoms with E-state index in [-0.39, 0.29) is 11.9 Å².